The number of nitrogens with one attached hydrogen (secondary N) is 1. The monoisotopic (exact) mass is 623 g/mol. The number of rotatable bonds is 12. The van der Waals surface area contributed by atoms with Crippen LogP contribution in [0.25, 0.3) is 0 Å². The number of benzene rings is 2. The predicted molar refractivity (Wildman–Crippen MR) is 161 cm³/mol. The minimum absolute atomic E-state index is 0.0194. The van der Waals surface area contributed by atoms with Crippen molar-refractivity contribution in [3.63, 3.8) is 0 Å². The van der Waals surface area contributed by atoms with E-state index in [0.717, 1.165) is 36.8 Å². The molecule has 0 aromatic heterocycles. The van der Waals surface area contributed by atoms with Crippen molar-refractivity contribution in [2.24, 2.45) is 17.8 Å². The second-order valence-corrected chi connectivity index (χ2v) is 15.1. The number of aliphatic hydroxyl groups is 1. The number of fused-ring (bicyclic) bond motifs is 2. The van der Waals surface area contributed by atoms with Gasteiger partial charge in [0.1, 0.15) is 6.10 Å². The number of nitrogens with zero attached hydrogens (tertiary/aromatic N) is 2. The average molecular weight is 624 g/mol. The molecule has 2 aromatic rings. The summed E-state index contributed by atoms with van der Waals surface area (Å²) in [4.78, 5) is 13.4. The summed E-state index contributed by atoms with van der Waals surface area (Å²) in [5, 5.41) is 24.0. The Bertz CT molecular complexity index is 1460. The molecule has 2 aliphatic carbocycles. The lowest BCUT2D eigenvalue weighted by Crippen LogP contribution is -2.53. The number of alkyl carbamates (subject to hydrolysis) is 1. The van der Waals surface area contributed by atoms with E-state index in [1.54, 1.807) is 12.1 Å². The third kappa shape index (κ3) is 6.37. The van der Waals surface area contributed by atoms with Crippen LogP contribution < -0.4 is 5.32 Å². The van der Waals surface area contributed by atoms with Crippen molar-refractivity contribution in [1.82, 2.24) is 9.62 Å². The Labute approximate surface area is 259 Å². The van der Waals surface area contributed by atoms with Crippen LogP contribution in [-0.4, -0.2) is 74.3 Å². The van der Waals surface area contributed by atoms with Crippen LogP contribution in [0.1, 0.15) is 50.7 Å². The highest BCUT2D eigenvalue weighted by atomic mass is 32.2. The Morgan fingerprint density at radius 3 is 2.50 bits per heavy atom. The van der Waals surface area contributed by atoms with Crippen LogP contribution in [0.15, 0.2) is 59.5 Å². The summed E-state index contributed by atoms with van der Waals surface area (Å²) in [7, 11) is -3.99. The van der Waals surface area contributed by atoms with E-state index in [4.69, 9.17) is 14.2 Å². The first-order chi connectivity index (χ1) is 21.1. The third-order valence-electron chi connectivity index (χ3n) is 9.42. The molecule has 2 saturated heterocycles. The first-order valence-corrected chi connectivity index (χ1v) is 17.0. The molecule has 10 nitrogen and oxygen atoms in total. The fraction of sp³-hybridized carbons (Fsp3) is 0.576. The van der Waals surface area contributed by atoms with Crippen molar-refractivity contribution in [1.29, 1.82) is 5.26 Å². The van der Waals surface area contributed by atoms with Crippen LogP contribution in [0.2, 0.25) is 0 Å². The lowest BCUT2D eigenvalue weighted by Gasteiger charge is -2.37. The molecule has 11 heteroatoms. The van der Waals surface area contributed by atoms with Gasteiger partial charge in [-0.05, 0) is 61.3 Å². The summed E-state index contributed by atoms with van der Waals surface area (Å²) in [6.07, 6.45) is 0.693. The number of amides is 1. The normalized spacial score (nSPS) is 28.0. The molecule has 2 heterocycles. The number of aliphatic hydroxyl groups excluding tert-OH is 1. The quantitative estimate of drug-likeness (QED) is 0.365. The van der Waals surface area contributed by atoms with Gasteiger partial charge >= 0.3 is 6.09 Å². The van der Waals surface area contributed by atoms with Crippen molar-refractivity contribution >= 4 is 16.1 Å². The zero-order valence-electron chi connectivity index (χ0n) is 25.2. The van der Waals surface area contributed by atoms with Crippen LogP contribution in [0.5, 0.6) is 0 Å². The van der Waals surface area contributed by atoms with Gasteiger partial charge in [0, 0.05) is 24.9 Å². The van der Waals surface area contributed by atoms with Gasteiger partial charge in [-0.3, -0.25) is 0 Å². The Hall–Kier alpha value is -3.01. The summed E-state index contributed by atoms with van der Waals surface area (Å²) >= 11 is 0. The number of ether oxygens (including phenoxy) is 3. The number of carbonyl (C=O) groups is 1. The summed E-state index contributed by atoms with van der Waals surface area (Å²) in [6.45, 7) is 4.26. The average Bonchev–Trinajstić information content (AvgIpc) is 3.75. The minimum atomic E-state index is -3.99. The van der Waals surface area contributed by atoms with Gasteiger partial charge in [-0.1, -0.05) is 56.3 Å². The highest BCUT2D eigenvalue weighted by Crippen LogP contribution is 2.48. The van der Waals surface area contributed by atoms with E-state index in [2.05, 4.69) is 11.4 Å². The van der Waals surface area contributed by atoms with Gasteiger partial charge in [-0.2, -0.15) is 9.57 Å². The van der Waals surface area contributed by atoms with Gasteiger partial charge in [0.25, 0.3) is 0 Å². The summed E-state index contributed by atoms with van der Waals surface area (Å²) < 4.78 is 46.7. The molecular formula is C33H41N3O7S. The smallest absolute Gasteiger partial charge is 0.407 e. The largest absolute Gasteiger partial charge is 0.443 e. The van der Waals surface area contributed by atoms with Gasteiger partial charge < -0.3 is 24.6 Å². The lowest BCUT2D eigenvalue weighted by atomic mass is 9.78. The van der Waals surface area contributed by atoms with Gasteiger partial charge in [0.15, 0.2) is 6.29 Å². The van der Waals surface area contributed by atoms with Crippen LogP contribution >= 0.6 is 0 Å². The molecular weight excluding hydrogens is 582 g/mol. The van der Waals surface area contributed by atoms with E-state index >= 15 is 0 Å². The molecule has 6 rings (SSSR count). The molecule has 2 aromatic carbocycles. The van der Waals surface area contributed by atoms with Crippen LogP contribution in [-0.2, 0) is 36.1 Å². The molecule has 0 spiro atoms. The minimum Gasteiger partial charge on any atom is -0.443 e. The molecule has 2 N–H and O–H groups in total. The van der Waals surface area contributed by atoms with Crippen molar-refractivity contribution in [2.45, 2.75) is 86.9 Å². The molecule has 4 unspecified atom stereocenters. The van der Waals surface area contributed by atoms with Crippen molar-refractivity contribution in [3.8, 4) is 6.07 Å². The highest BCUT2D eigenvalue weighted by Gasteiger charge is 2.53. The summed E-state index contributed by atoms with van der Waals surface area (Å²) in [6, 6.07) is 17.4. The maximum absolute atomic E-state index is 13.9. The Balaban J connectivity index is 1.19. The Morgan fingerprint density at radius 2 is 1.84 bits per heavy atom. The van der Waals surface area contributed by atoms with E-state index < -0.39 is 39.8 Å². The predicted octanol–water partition coefficient (Wildman–Crippen LogP) is 3.74. The second kappa shape index (κ2) is 12.4. The van der Waals surface area contributed by atoms with E-state index in [0.29, 0.717) is 12.5 Å². The topological polar surface area (TPSA) is 138 Å². The first-order valence-electron chi connectivity index (χ1n) is 15.6. The molecule has 0 radical (unpaired) electrons. The van der Waals surface area contributed by atoms with Gasteiger partial charge in [0.2, 0.25) is 10.0 Å². The summed E-state index contributed by atoms with van der Waals surface area (Å²) in [5.41, 5.74) is 1.18. The van der Waals surface area contributed by atoms with Crippen LogP contribution in [0.4, 0.5) is 4.79 Å². The Morgan fingerprint density at radius 1 is 1.11 bits per heavy atom. The van der Waals surface area contributed by atoms with E-state index in [1.807, 2.05) is 44.2 Å². The standard InChI is InChI=1S/C33H41N3O7S/c1-21(2)17-36(44(39,40)26-10-8-25(9-11-26)33(20-34)12-13-33)18-28(37)27(14-22-6-4-3-5-7-22)35-32(38)43-30-24-15-23-16-29(30)42-31(23)41-19-24/h3-11,21,23-24,27-31,37H,12-19H2,1-2H3,(H,35,38)/t23?,24?,27-,28+,29?,30-,31?/m0/s1. The summed E-state index contributed by atoms with van der Waals surface area (Å²) in [5.74, 6) is 0.372. The van der Waals surface area contributed by atoms with Crippen molar-refractivity contribution < 1.29 is 32.5 Å². The van der Waals surface area contributed by atoms with E-state index in [-0.39, 0.29) is 48.6 Å². The molecule has 1 amide bonds. The Kier molecular flexibility index (Phi) is 8.74. The van der Waals surface area contributed by atoms with E-state index in [9.17, 15) is 23.6 Å². The number of carbonyl (C=O) groups excluding carboxylic acids is 1. The second-order valence-electron chi connectivity index (χ2n) is 13.2. The highest BCUT2D eigenvalue weighted by molar-refractivity contribution is 7.89. The third-order valence-corrected chi connectivity index (χ3v) is 11.3. The lowest BCUT2D eigenvalue weighted by molar-refractivity contribution is -0.153. The molecule has 3 bridgehead atoms. The molecule has 4 fully saturated rings. The molecule has 44 heavy (non-hydrogen) atoms. The van der Waals surface area contributed by atoms with E-state index in [1.165, 1.54) is 16.4 Å². The molecule has 236 valence electrons. The van der Waals surface area contributed by atoms with Crippen LogP contribution in [0, 0.1) is 29.1 Å². The van der Waals surface area contributed by atoms with Gasteiger partial charge in [0.05, 0.1) is 41.2 Å². The SMILES string of the molecule is CC(C)CN(C[C@@H](O)[C@H](Cc1ccccc1)NC(=O)O[C@H]1C2COC3OC1CC3C2)S(=O)(=O)c1ccc(C2(C#N)CC2)cc1. The molecule has 4 aliphatic rings. The van der Waals surface area contributed by atoms with Crippen molar-refractivity contribution in [2.75, 3.05) is 19.7 Å². The maximum Gasteiger partial charge on any atom is 0.407 e. The van der Waals surface area contributed by atoms with Gasteiger partial charge in [-0.25, -0.2) is 13.2 Å². The molecule has 2 aliphatic heterocycles. The maximum atomic E-state index is 13.9. The fourth-order valence-electron chi connectivity index (χ4n) is 6.88. The van der Waals surface area contributed by atoms with Crippen molar-refractivity contribution in [3.05, 3.63) is 65.7 Å². The fourth-order valence-corrected chi connectivity index (χ4v) is 8.50. The number of sulfonamides is 1. The molecule has 7 atom stereocenters. The zero-order chi connectivity index (χ0) is 31.1. The zero-order valence-corrected chi connectivity index (χ0v) is 26.0. The molecule has 2 saturated carbocycles. The number of hydrogen-bond acceptors (Lipinski definition) is 8. The number of nitriles is 1. The first kappa shape index (κ1) is 31.0. The van der Waals surface area contributed by atoms with Gasteiger partial charge in [-0.15, -0.1) is 0 Å². The number of hydrogen-bond donors (Lipinski definition) is 2. The van der Waals surface area contributed by atoms with Crippen LogP contribution in [0.3, 0.4) is 0 Å².